The molecule has 2 aromatic carbocycles. The van der Waals surface area contributed by atoms with E-state index in [1.807, 2.05) is 25.2 Å². The standard InChI is InChI=1S/C26H35N5O2.HI/c1-27-26(28-13-12-20-10-7-11-22(16-20)25(32)29(2)3)31-18-23-24(19-31)33-15-14-30(23)17-21-8-5-4-6-9-21;/h4-11,16,23-24H,12-15,17-19H2,1-3H3,(H,27,28);1H. The first-order chi connectivity index (χ1) is 16.0. The van der Waals surface area contributed by atoms with Crippen LogP contribution >= 0.6 is 24.0 Å². The molecular formula is C26H36IN5O2. The fraction of sp³-hybridized carbons (Fsp3) is 0.462. The maximum absolute atomic E-state index is 12.2. The molecule has 0 aliphatic carbocycles. The molecular weight excluding hydrogens is 541 g/mol. The molecule has 0 radical (unpaired) electrons. The van der Waals surface area contributed by atoms with Crippen LogP contribution in [0.5, 0.6) is 0 Å². The van der Waals surface area contributed by atoms with Gasteiger partial charge in [0.05, 0.1) is 18.8 Å². The molecule has 4 rings (SSSR count). The Balaban J connectivity index is 0.00000324. The molecule has 2 atom stereocenters. The third-order valence-electron chi connectivity index (χ3n) is 6.43. The van der Waals surface area contributed by atoms with E-state index in [9.17, 15) is 4.79 Å². The molecule has 8 heteroatoms. The number of rotatable bonds is 6. The highest BCUT2D eigenvalue weighted by molar-refractivity contribution is 14.0. The van der Waals surface area contributed by atoms with E-state index in [-0.39, 0.29) is 36.0 Å². The number of carbonyl (C=O) groups is 1. The Morgan fingerprint density at radius 2 is 1.88 bits per heavy atom. The van der Waals surface area contributed by atoms with Crippen LogP contribution in [0.1, 0.15) is 21.5 Å². The second kappa shape index (κ2) is 12.5. The van der Waals surface area contributed by atoms with Crippen LogP contribution < -0.4 is 5.32 Å². The Labute approximate surface area is 220 Å². The van der Waals surface area contributed by atoms with Gasteiger partial charge in [-0.25, -0.2) is 0 Å². The number of guanidine groups is 1. The topological polar surface area (TPSA) is 60.4 Å². The number of benzene rings is 2. The number of halogens is 1. The van der Waals surface area contributed by atoms with Crippen LogP contribution in [-0.2, 0) is 17.7 Å². The lowest BCUT2D eigenvalue weighted by atomic mass is 10.1. The Morgan fingerprint density at radius 1 is 1.12 bits per heavy atom. The number of fused-ring (bicyclic) bond motifs is 1. The Bertz CT molecular complexity index is 969. The molecule has 7 nitrogen and oxygen atoms in total. The van der Waals surface area contributed by atoms with Gasteiger partial charge >= 0.3 is 0 Å². The number of ether oxygens (including phenoxy) is 1. The molecule has 2 aliphatic rings. The average Bonchev–Trinajstić information content (AvgIpc) is 3.27. The molecule has 0 spiro atoms. The van der Waals surface area contributed by atoms with Gasteiger partial charge in [-0.1, -0.05) is 42.5 Å². The van der Waals surface area contributed by atoms with Crippen molar-refractivity contribution >= 4 is 35.8 Å². The van der Waals surface area contributed by atoms with Crippen molar-refractivity contribution in [3.8, 4) is 0 Å². The quantitative estimate of drug-likeness (QED) is 0.325. The van der Waals surface area contributed by atoms with Gasteiger partial charge in [0.2, 0.25) is 0 Å². The number of aliphatic imine (C=N–C) groups is 1. The van der Waals surface area contributed by atoms with Gasteiger partial charge in [0.25, 0.3) is 5.91 Å². The van der Waals surface area contributed by atoms with Crippen molar-refractivity contribution in [3.05, 3.63) is 71.3 Å². The van der Waals surface area contributed by atoms with Crippen LogP contribution in [0.3, 0.4) is 0 Å². The molecule has 0 aromatic heterocycles. The number of hydrogen-bond acceptors (Lipinski definition) is 4. The largest absolute Gasteiger partial charge is 0.373 e. The lowest BCUT2D eigenvalue weighted by molar-refractivity contribution is -0.0502. The van der Waals surface area contributed by atoms with Crippen LogP contribution in [0, 0.1) is 0 Å². The van der Waals surface area contributed by atoms with E-state index in [4.69, 9.17) is 4.74 Å². The minimum Gasteiger partial charge on any atom is -0.373 e. The molecule has 2 aliphatic heterocycles. The van der Waals surface area contributed by atoms with Gasteiger partial charge in [-0.3, -0.25) is 14.7 Å². The van der Waals surface area contributed by atoms with Gasteiger partial charge in [0.15, 0.2) is 5.96 Å². The Morgan fingerprint density at radius 3 is 2.62 bits per heavy atom. The summed E-state index contributed by atoms with van der Waals surface area (Å²) in [7, 11) is 5.39. The summed E-state index contributed by atoms with van der Waals surface area (Å²) in [5.74, 6) is 0.938. The van der Waals surface area contributed by atoms with Gasteiger partial charge < -0.3 is 19.9 Å². The maximum Gasteiger partial charge on any atom is 0.253 e. The molecule has 2 fully saturated rings. The van der Waals surface area contributed by atoms with E-state index in [1.54, 1.807) is 19.0 Å². The van der Waals surface area contributed by atoms with Crippen molar-refractivity contribution in [2.45, 2.75) is 25.1 Å². The first-order valence-corrected chi connectivity index (χ1v) is 11.7. The molecule has 1 N–H and O–H groups in total. The van der Waals surface area contributed by atoms with Crippen molar-refractivity contribution in [2.75, 3.05) is 53.9 Å². The van der Waals surface area contributed by atoms with Crippen LogP contribution in [0.15, 0.2) is 59.6 Å². The van der Waals surface area contributed by atoms with Gasteiger partial charge in [0.1, 0.15) is 0 Å². The van der Waals surface area contributed by atoms with Crippen molar-refractivity contribution in [3.63, 3.8) is 0 Å². The fourth-order valence-corrected chi connectivity index (χ4v) is 4.71. The molecule has 34 heavy (non-hydrogen) atoms. The zero-order valence-corrected chi connectivity index (χ0v) is 22.6. The van der Waals surface area contributed by atoms with Crippen LogP contribution in [0.2, 0.25) is 0 Å². The molecule has 2 unspecified atom stereocenters. The van der Waals surface area contributed by atoms with E-state index in [0.29, 0.717) is 6.04 Å². The van der Waals surface area contributed by atoms with Crippen molar-refractivity contribution in [1.29, 1.82) is 0 Å². The molecule has 1 amide bonds. The molecule has 0 saturated carbocycles. The highest BCUT2D eigenvalue weighted by Crippen LogP contribution is 2.24. The second-order valence-corrected chi connectivity index (χ2v) is 8.96. The SMILES string of the molecule is CN=C(NCCc1cccc(C(=O)N(C)C)c1)N1CC2OCCN(Cc3ccccc3)C2C1.I. The molecule has 2 saturated heterocycles. The zero-order chi connectivity index (χ0) is 23.2. The first kappa shape index (κ1) is 26.4. The summed E-state index contributed by atoms with van der Waals surface area (Å²) in [5, 5.41) is 3.51. The van der Waals surface area contributed by atoms with Gasteiger partial charge in [-0.15, -0.1) is 24.0 Å². The highest BCUT2D eigenvalue weighted by Gasteiger charge is 2.41. The minimum absolute atomic E-state index is 0. The predicted octanol–water partition coefficient (Wildman–Crippen LogP) is 2.71. The Hall–Kier alpha value is -2.17. The number of amides is 1. The summed E-state index contributed by atoms with van der Waals surface area (Å²) < 4.78 is 6.12. The van der Waals surface area contributed by atoms with E-state index in [2.05, 4.69) is 56.5 Å². The number of morpholine rings is 1. The van der Waals surface area contributed by atoms with Crippen LogP contribution in [0.25, 0.3) is 0 Å². The number of likely N-dealkylation sites (tertiary alicyclic amines) is 1. The lowest BCUT2D eigenvalue weighted by Gasteiger charge is -2.36. The van der Waals surface area contributed by atoms with Crippen molar-refractivity contribution in [1.82, 2.24) is 20.0 Å². The van der Waals surface area contributed by atoms with Crippen molar-refractivity contribution < 1.29 is 9.53 Å². The predicted molar refractivity (Wildman–Crippen MR) is 147 cm³/mol. The molecule has 184 valence electrons. The van der Waals surface area contributed by atoms with E-state index < -0.39 is 0 Å². The normalized spacial score (nSPS) is 20.4. The molecule has 2 heterocycles. The van der Waals surface area contributed by atoms with Crippen molar-refractivity contribution in [2.24, 2.45) is 4.99 Å². The van der Waals surface area contributed by atoms with E-state index in [0.717, 1.165) is 62.8 Å². The summed E-state index contributed by atoms with van der Waals surface area (Å²) in [6, 6.07) is 18.9. The fourth-order valence-electron chi connectivity index (χ4n) is 4.71. The third-order valence-corrected chi connectivity index (χ3v) is 6.43. The molecule has 0 bridgehead atoms. The molecule has 2 aromatic rings. The second-order valence-electron chi connectivity index (χ2n) is 8.96. The third kappa shape index (κ3) is 6.49. The summed E-state index contributed by atoms with van der Waals surface area (Å²) in [4.78, 5) is 23.2. The highest BCUT2D eigenvalue weighted by atomic mass is 127. The van der Waals surface area contributed by atoms with Gasteiger partial charge in [0, 0.05) is 59.4 Å². The monoisotopic (exact) mass is 577 g/mol. The Kier molecular flexibility index (Phi) is 9.73. The van der Waals surface area contributed by atoms with Crippen LogP contribution in [0.4, 0.5) is 0 Å². The van der Waals surface area contributed by atoms with Gasteiger partial charge in [-0.05, 0) is 29.7 Å². The van der Waals surface area contributed by atoms with Crippen LogP contribution in [-0.4, -0.2) is 92.6 Å². The lowest BCUT2D eigenvalue weighted by Crippen LogP contribution is -2.50. The average molecular weight is 578 g/mol. The number of hydrogen-bond donors (Lipinski definition) is 1. The summed E-state index contributed by atoms with van der Waals surface area (Å²) in [6.45, 7) is 5.19. The summed E-state index contributed by atoms with van der Waals surface area (Å²) in [6.07, 6.45) is 1.03. The number of nitrogens with zero attached hydrogens (tertiary/aromatic N) is 4. The summed E-state index contributed by atoms with van der Waals surface area (Å²) in [5.41, 5.74) is 3.20. The van der Waals surface area contributed by atoms with Gasteiger partial charge in [-0.2, -0.15) is 0 Å². The number of nitrogens with one attached hydrogen (secondary N) is 1. The maximum atomic E-state index is 12.2. The summed E-state index contributed by atoms with van der Waals surface area (Å²) >= 11 is 0. The van der Waals surface area contributed by atoms with E-state index in [1.165, 1.54) is 5.56 Å². The zero-order valence-electron chi connectivity index (χ0n) is 20.3. The minimum atomic E-state index is 0. The number of carbonyl (C=O) groups excluding carboxylic acids is 1. The first-order valence-electron chi connectivity index (χ1n) is 11.7. The smallest absolute Gasteiger partial charge is 0.253 e. The van der Waals surface area contributed by atoms with E-state index >= 15 is 0 Å².